The normalized spacial score (nSPS) is 21.9. The van der Waals surface area contributed by atoms with E-state index in [-0.39, 0.29) is 17.8 Å². The minimum absolute atomic E-state index is 0.208. The largest absolute Gasteiger partial charge is 0.391 e. The molecule has 2 aromatic heterocycles. The van der Waals surface area contributed by atoms with E-state index in [2.05, 4.69) is 20.1 Å². The predicted octanol–water partition coefficient (Wildman–Crippen LogP) is 2.15. The third kappa shape index (κ3) is 2.60. The van der Waals surface area contributed by atoms with Gasteiger partial charge in [-0.3, -0.25) is 4.79 Å². The van der Waals surface area contributed by atoms with Gasteiger partial charge in [0.1, 0.15) is 5.56 Å². The summed E-state index contributed by atoms with van der Waals surface area (Å²) < 4.78 is 0. The fraction of sp³-hybridized carbons (Fsp3) is 0.400. The van der Waals surface area contributed by atoms with Crippen molar-refractivity contribution in [2.75, 3.05) is 0 Å². The van der Waals surface area contributed by atoms with Gasteiger partial charge in [0, 0.05) is 6.20 Å². The predicted molar refractivity (Wildman–Crippen MR) is 78.1 cm³/mol. The van der Waals surface area contributed by atoms with Crippen molar-refractivity contribution in [3.63, 3.8) is 0 Å². The molecule has 108 valence electrons. The molecular weight excluding hydrogens is 268 g/mol. The van der Waals surface area contributed by atoms with Crippen molar-refractivity contribution in [3.05, 3.63) is 35.3 Å². The molecule has 0 saturated heterocycles. The average Bonchev–Trinajstić information content (AvgIpc) is 2.92. The number of hydrogen-bond donors (Lipinski definition) is 3. The number of aromatic nitrogens is 2. The number of carbonyl (C=O) groups is 1. The van der Waals surface area contributed by atoms with Gasteiger partial charge in [-0.15, -0.1) is 4.98 Å². The number of fused-ring (bicyclic) bond motifs is 1. The van der Waals surface area contributed by atoms with Gasteiger partial charge < -0.3 is 20.3 Å². The first-order valence-corrected chi connectivity index (χ1v) is 7.03. The van der Waals surface area contributed by atoms with Crippen LogP contribution < -0.4 is 5.32 Å². The van der Waals surface area contributed by atoms with Crippen molar-refractivity contribution >= 4 is 22.8 Å². The highest BCUT2D eigenvalue weighted by Crippen LogP contribution is 2.22. The Balaban J connectivity index is 1.86. The average molecular weight is 284 g/mol. The molecule has 1 saturated carbocycles. The molecule has 1 aliphatic rings. The zero-order valence-corrected chi connectivity index (χ0v) is 11.5. The number of nitrogens with one attached hydrogen (secondary N) is 2. The summed E-state index contributed by atoms with van der Waals surface area (Å²) in [5.41, 5.74) is 1.62. The summed E-state index contributed by atoms with van der Waals surface area (Å²) in [6.45, 7) is 7.00. The lowest BCUT2D eigenvalue weighted by Crippen LogP contribution is -2.45. The summed E-state index contributed by atoms with van der Waals surface area (Å²) >= 11 is 0. The summed E-state index contributed by atoms with van der Waals surface area (Å²) in [5.74, 6) is -0.00400. The van der Waals surface area contributed by atoms with Crippen LogP contribution in [0.1, 0.15) is 36.0 Å². The Hall–Kier alpha value is -2.39. The quantitative estimate of drug-likeness (QED) is 0.739. The molecule has 1 amide bonds. The second-order valence-corrected chi connectivity index (χ2v) is 5.31. The number of aromatic amines is 1. The molecular formula is C15H16N4O2. The Bertz CT molecular complexity index is 716. The number of aliphatic hydroxyl groups is 1. The van der Waals surface area contributed by atoms with Gasteiger partial charge >= 0.3 is 0 Å². The summed E-state index contributed by atoms with van der Waals surface area (Å²) in [7, 11) is 0. The van der Waals surface area contributed by atoms with E-state index in [1.165, 1.54) is 0 Å². The van der Waals surface area contributed by atoms with Crippen molar-refractivity contribution in [2.45, 2.75) is 37.8 Å². The van der Waals surface area contributed by atoms with Gasteiger partial charge in [0.25, 0.3) is 11.7 Å². The van der Waals surface area contributed by atoms with Crippen LogP contribution in [0, 0.1) is 6.57 Å². The number of nitrogens with zero attached hydrogens (tertiary/aromatic N) is 2. The summed E-state index contributed by atoms with van der Waals surface area (Å²) in [6.07, 6.45) is 4.62. The first-order chi connectivity index (χ1) is 10.2. The molecule has 0 unspecified atom stereocenters. The van der Waals surface area contributed by atoms with E-state index in [0.29, 0.717) is 11.1 Å². The zero-order valence-electron chi connectivity index (χ0n) is 11.5. The van der Waals surface area contributed by atoms with Crippen LogP contribution in [0.15, 0.2) is 18.3 Å². The van der Waals surface area contributed by atoms with E-state index in [4.69, 9.17) is 6.57 Å². The summed E-state index contributed by atoms with van der Waals surface area (Å²) in [5, 5.41) is 12.8. The van der Waals surface area contributed by atoms with Crippen LogP contribution in [0.25, 0.3) is 15.9 Å². The highest BCUT2D eigenvalue weighted by Gasteiger charge is 2.26. The second-order valence-electron chi connectivity index (χ2n) is 5.31. The molecule has 0 radical (unpaired) electrons. The van der Waals surface area contributed by atoms with Crippen LogP contribution in [0.2, 0.25) is 0 Å². The van der Waals surface area contributed by atoms with Crippen LogP contribution in [0.4, 0.5) is 5.82 Å². The van der Waals surface area contributed by atoms with E-state index in [0.717, 1.165) is 31.2 Å². The van der Waals surface area contributed by atoms with E-state index in [9.17, 15) is 9.90 Å². The Morgan fingerprint density at radius 3 is 3.00 bits per heavy atom. The molecule has 2 atom stereocenters. The van der Waals surface area contributed by atoms with Gasteiger partial charge in [-0.05, 0) is 25.0 Å². The molecule has 0 bridgehead atoms. The Labute approximate surface area is 122 Å². The first-order valence-electron chi connectivity index (χ1n) is 7.03. The smallest absolute Gasteiger partial charge is 0.270 e. The number of hydrogen-bond acceptors (Lipinski definition) is 3. The number of aliphatic hydroxyl groups excluding tert-OH is 1. The third-order valence-electron chi connectivity index (χ3n) is 3.91. The lowest BCUT2D eigenvalue weighted by atomic mass is 9.92. The maximum atomic E-state index is 12.4. The number of H-pyrrole nitrogens is 1. The minimum atomic E-state index is -0.486. The maximum absolute atomic E-state index is 12.4. The Morgan fingerprint density at radius 1 is 1.43 bits per heavy atom. The molecule has 21 heavy (non-hydrogen) atoms. The Morgan fingerprint density at radius 2 is 2.24 bits per heavy atom. The van der Waals surface area contributed by atoms with Crippen molar-refractivity contribution in [3.8, 4) is 0 Å². The number of pyridine rings is 1. The molecule has 0 spiro atoms. The number of carbonyl (C=O) groups excluding carboxylic acids is 1. The molecule has 2 aromatic rings. The highest BCUT2D eigenvalue weighted by atomic mass is 16.3. The molecule has 1 aliphatic carbocycles. The van der Waals surface area contributed by atoms with Crippen LogP contribution in [0.5, 0.6) is 0 Å². The molecule has 3 rings (SSSR count). The summed E-state index contributed by atoms with van der Waals surface area (Å²) in [4.78, 5) is 22.8. The standard InChI is InChI=1S/C15H16N4O2/c1-16-13-7-6-11-14(19-13)9(8-17-11)15(21)18-10-4-2-3-5-12(10)20/h6-8,10,12,17,20H,2-5H2,(H,18,21)/t10-,12-/m0/s1. The molecule has 0 aromatic carbocycles. The van der Waals surface area contributed by atoms with Gasteiger partial charge in [0.15, 0.2) is 5.52 Å². The number of amides is 1. The lowest BCUT2D eigenvalue weighted by molar-refractivity contribution is 0.0718. The first kappa shape index (κ1) is 13.6. The van der Waals surface area contributed by atoms with E-state index in [1.54, 1.807) is 18.3 Å². The van der Waals surface area contributed by atoms with Gasteiger partial charge in [0.2, 0.25) is 0 Å². The van der Waals surface area contributed by atoms with Crippen LogP contribution in [-0.4, -0.2) is 33.1 Å². The van der Waals surface area contributed by atoms with Crippen molar-refractivity contribution in [1.29, 1.82) is 0 Å². The summed E-state index contributed by atoms with van der Waals surface area (Å²) in [6, 6.07) is 3.14. The molecule has 2 heterocycles. The highest BCUT2D eigenvalue weighted by molar-refractivity contribution is 6.05. The minimum Gasteiger partial charge on any atom is -0.391 e. The molecule has 6 heteroatoms. The zero-order chi connectivity index (χ0) is 14.8. The van der Waals surface area contributed by atoms with Crippen molar-refractivity contribution < 1.29 is 9.90 Å². The van der Waals surface area contributed by atoms with E-state index >= 15 is 0 Å². The van der Waals surface area contributed by atoms with Crippen LogP contribution >= 0.6 is 0 Å². The van der Waals surface area contributed by atoms with Crippen molar-refractivity contribution in [2.24, 2.45) is 0 Å². The lowest BCUT2D eigenvalue weighted by Gasteiger charge is -2.28. The Kier molecular flexibility index (Phi) is 3.59. The van der Waals surface area contributed by atoms with Crippen LogP contribution in [-0.2, 0) is 0 Å². The van der Waals surface area contributed by atoms with Crippen molar-refractivity contribution in [1.82, 2.24) is 15.3 Å². The topological polar surface area (TPSA) is 82.4 Å². The van der Waals surface area contributed by atoms with Gasteiger partial charge in [-0.2, -0.15) is 0 Å². The van der Waals surface area contributed by atoms with Gasteiger partial charge in [-0.25, -0.2) is 0 Å². The third-order valence-corrected chi connectivity index (χ3v) is 3.91. The van der Waals surface area contributed by atoms with Crippen LogP contribution in [0.3, 0.4) is 0 Å². The molecule has 0 aliphatic heterocycles. The maximum Gasteiger partial charge on any atom is 0.270 e. The fourth-order valence-electron chi connectivity index (χ4n) is 2.75. The monoisotopic (exact) mass is 284 g/mol. The fourth-order valence-corrected chi connectivity index (χ4v) is 2.75. The van der Waals surface area contributed by atoms with Gasteiger partial charge in [0.05, 0.1) is 17.7 Å². The second kappa shape index (κ2) is 5.54. The SMILES string of the molecule is [C-]#[N+]c1ccc2[nH]cc(C(=O)N[C@H]3CCCC[C@@H]3O)c2n1. The van der Waals surface area contributed by atoms with E-state index < -0.39 is 6.10 Å². The molecule has 1 fully saturated rings. The number of rotatable bonds is 2. The van der Waals surface area contributed by atoms with E-state index in [1.807, 2.05) is 0 Å². The molecule has 3 N–H and O–H groups in total. The molecule has 6 nitrogen and oxygen atoms in total. The van der Waals surface area contributed by atoms with Gasteiger partial charge in [-0.1, -0.05) is 19.4 Å².